The fourth-order valence-electron chi connectivity index (χ4n) is 2.79. The summed E-state index contributed by atoms with van der Waals surface area (Å²) in [4.78, 5) is 35.1. The van der Waals surface area contributed by atoms with E-state index in [4.69, 9.17) is 0 Å². The minimum atomic E-state index is -1.01. The Kier molecular flexibility index (Phi) is 4.42. The Labute approximate surface area is 139 Å². The average Bonchev–Trinajstić information content (AvgIpc) is 2.99. The van der Waals surface area contributed by atoms with Gasteiger partial charge in [0, 0.05) is 18.9 Å². The number of nitrogens with zero attached hydrogens (tertiary/aromatic N) is 4. The fraction of sp³-hybridized carbons (Fsp3) is 0.412. The first-order valence-corrected chi connectivity index (χ1v) is 7.86. The number of amides is 1. The SMILES string of the molecule is Cc1cnc(Cn2ccc(C)c(C(=O)N3CC[C@H](F)C3)c2=O)cn1. The molecule has 0 unspecified atom stereocenters. The first-order chi connectivity index (χ1) is 11.5. The number of carbonyl (C=O) groups is 1. The Bertz CT molecular complexity index is 816. The zero-order valence-corrected chi connectivity index (χ0v) is 13.7. The standard InChI is InChI=1S/C17H19FN4O2/c1-11-3-5-22(10-14-8-19-12(2)7-20-14)17(24)15(11)16(23)21-6-4-13(18)9-21/h3,5,7-8,13H,4,6,9-10H2,1-2H3/t13-/m0/s1. The topological polar surface area (TPSA) is 68.1 Å². The lowest BCUT2D eigenvalue weighted by molar-refractivity contribution is 0.0779. The summed E-state index contributed by atoms with van der Waals surface area (Å²) >= 11 is 0. The van der Waals surface area contributed by atoms with Gasteiger partial charge in [0.1, 0.15) is 11.7 Å². The van der Waals surface area contributed by atoms with Gasteiger partial charge in [0.05, 0.1) is 30.7 Å². The molecule has 0 radical (unpaired) electrons. The minimum absolute atomic E-state index is 0.0516. The van der Waals surface area contributed by atoms with Gasteiger partial charge in [-0.1, -0.05) is 0 Å². The van der Waals surface area contributed by atoms with Crippen LogP contribution in [0.15, 0.2) is 29.5 Å². The molecule has 1 aliphatic heterocycles. The van der Waals surface area contributed by atoms with Crippen molar-refractivity contribution in [3.8, 4) is 0 Å². The van der Waals surface area contributed by atoms with E-state index in [-0.39, 0.29) is 24.2 Å². The number of rotatable bonds is 3. The highest BCUT2D eigenvalue weighted by atomic mass is 19.1. The van der Waals surface area contributed by atoms with Gasteiger partial charge in [-0.25, -0.2) is 4.39 Å². The van der Waals surface area contributed by atoms with E-state index in [9.17, 15) is 14.0 Å². The van der Waals surface area contributed by atoms with Crippen molar-refractivity contribution in [2.24, 2.45) is 0 Å². The second-order valence-electron chi connectivity index (χ2n) is 6.09. The minimum Gasteiger partial charge on any atom is -0.335 e. The van der Waals surface area contributed by atoms with Gasteiger partial charge in [-0.3, -0.25) is 19.6 Å². The van der Waals surface area contributed by atoms with Crippen molar-refractivity contribution in [2.75, 3.05) is 13.1 Å². The van der Waals surface area contributed by atoms with Gasteiger partial charge in [0.15, 0.2) is 0 Å². The summed E-state index contributed by atoms with van der Waals surface area (Å²) in [5.41, 5.74) is 1.74. The predicted octanol–water partition coefficient (Wildman–Crippen LogP) is 1.49. The molecule has 0 spiro atoms. The van der Waals surface area contributed by atoms with Crippen molar-refractivity contribution in [1.82, 2.24) is 19.4 Å². The molecular weight excluding hydrogens is 311 g/mol. The lowest BCUT2D eigenvalue weighted by Crippen LogP contribution is -2.36. The fourth-order valence-corrected chi connectivity index (χ4v) is 2.79. The summed E-state index contributed by atoms with van der Waals surface area (Å²) in [6.45, 7) is 4.18. The Morgan fingerprint density at radius 2 is 2.12 bits per heavy atom. The lowest BCUT2D eigenvalue weighted by atomic mass is 10.1. The largest absolute Gasteiger partial charge is 0.335 e. The maximum atomic E-state index is 13.4. The summed E-state index contributed by atoms with van der Waals surface area (Å²) in [5.74, 6) is -0.401. The van der Waals surface area contributed by atoms with E-state index < -0.39 is 12.1 Å². The molecule has 6 nitrogen and oxygen atoms in total. The molecule has 2 aromatic heterocycles. The number of aryl methyl sites for hydroxylation is 2. The van der Waals surface area contributed by atoms with E-state index in [0.717, 1.165) is 5.69 Å². The molecule has 0 bridgehead atoms. The average molecular weight is 330 g/mol. The molecule has 1 saturated heterocycles. The van der Waals surface area contributed by atoms with Crippen LogP contribution < -0.4 is 5.56 Å². The van der Waals surface area contributed by atoms with Crippen LogP contribution in [0.1, 0.15) is 33.7 Å². The Morgan fingerprint density at radius 1 is 1.33 bits per heavy atom. The summed E-state index contributed by atoms with van der Waals surface area (Å²) in [7, 11) is 0. The van der Waals surface area contributed by atoms with Crippen LogP contribution in [-0.4, -0.2) is 44.6 Å². The molecule has 3 heterocycles. The summed E-state index contributed by atoms with van der Waals surface area (Å²) < 4.78 is 14.8. The highest BCUT2D eigenvalue weighted by Crippen LogP contribution is 2.16. The van der Waals surface area contributed by atoms with Gasteiger partial charge in [-0.05, 0) is 31.9 Å². The molecule has 1 atom stereocenters. The third kappa shape index (κ3) is 3.20. The van der Waals surface area contributed by atoms with Crippen LogP contribution in [0.5, 0.6) is 0 Å². The quantitative estimate of drug-likeness (QED) is 0.855. The number of aromatic nitrogens is 3. The number of carbonyl (C=O) groups excluding carboxylic acids is 1. The molecule has 1 amide bonds. The van der Waals surface area contributed by atoms with E-state index in [1.54, 1.807) is 31.6 Å². The molecule has 0 aliphatic carbocycles. The molecule has 7 heteroatoms. The number of hydrogen-bond acceptors (Lipinski definition) is 4. The van der Waals surface area contributed by atoms with Gasteiger partial charge in [0.2, 0.25) is 0 Å². The molecule has 24 heavy (non-hydrogen) atoms. The summed E-state index contributed by atoms with van der Waals surface area (Å²) in [5, 5.41) is 0. The third-order valence-corrected chi connectivity index (χ3v) is 4.17. The number of pyridine rings is 1. The van der Waals surface area contributed by atoms with Crippen LogP contribution in [0.3, 0.4) is 0 Å². The van der Waals surface area contributed by atoms with E-state index in [1.165, 1.54) is 9.47 Å². The Hall–Kier alpha value is -2.57. The number of halogens is 1. The van der Waals surface area contributed by atoms with Crippen LogP contribution in [-0.2, 0) is 6.54 Å². The molecule has 3 rings (SSSR count). The zero-order chi connectivity index (χ0) is 17.3. The van der Waals surface area contributed by atoms with E-state index >= 15 is 0 Å². The van der Waals surface area contributed by atoms with Crippen molar-refractivity contribution in [3.05, 3.63) is 57.5 Å². The lowest BCUT2D eigenvalue weighted by Gasteiger charge is -2.17. The van der Waals surface area contributed by atoms with Gasteiger partial charge in [-0.2, -0.15) is 0 Å². The molecule has 0 saturated carbocycles. The summed E-state index contributed by atoms with van der Waals surface area (Å²) in [6, 6.07) is 1.72. The number of alkyl halides is 1. The van der Waals surface area contributed by atoms with Crippen molar-refractivity contribution < 1.29 is 9.18 Å². The van der Waals surface area contributed by atoms with Gasteiger partial charge in [-0.15, -0.1) is 0 Å². The van der Waals surface area contributed by atoms with Gasteiger partial charge >= 0.3 is 0 Å². The normalized spacial score (nSPS) is 17.3. The Morgan fingerprint density at radius 3 is 2.75 bits per heavy atom. The predicted molar refractivity (Wildman–Crippen MR) is 86.7 cm³/mol. The smallest absolute Gasteiger partial charge is 0.264 e. The molecule has 0 aromatic carbocycles. The van der Waals surface area contributed by atoms with Crippen LogP contribution in [0.25, 0.3) is 0 Å². The molecule has 126 valence electrons. The van der Waals surface area contributed by atoms with E-state index in [0.29, 0.717) is 24.2 Å². The molecule has 0 N–H and O–H groups in total. The van der Waals surface area contributed by atoms with Crippen molar-refractivity contribution in [2.45, 2.75) is 33.0 Å². The highest BCUT2D eigenvalue weighted by Gasteiger charge is 2.29. The van der Waals surface area contributed by atoms with E-state index in [2.05, 4.69) is 9.97 Å². The van der Waals surface area contributed by atoms with Gasteiger partial charge in [0.25, 0.3) is 11.5 Å². The molecular formula is C17H19FN4O2. The molecule has 2 aromatic rings. The maximum absolute atomic E-state index is 13.4. The number of likely N-dealkylation sites (tertiary alicyclic amines) is 1. The number of hydrogen-bond donors (Lipinski definition) is 0. The monoisotopic (exact) mass is 330 g/mol. The van der Waals surface area contributed by atoms with Crippen LogP contribution in [0.4, 0.5) is 4.39 Å². The second kappa shape index (κ2) is 6.51. The third-order valence-electron chi connectivity index (χ3n) is 4.17. The first-order valence-electron chi connectivity index (χ1n) is 7.86. The Balaban J connectivity index is 1.91. The van der Waals surface area contributed by atoms with Crippen molar-refractivity contribution in [3.63, 3.8) is 0 Å². The van der Waals surface area contributed by atoms with Crippen LogP contribution >= 0.6 is 0 Å². The highest BCUT2D eigenvalue weighted by molar-refractivity contribution is 5.95. The van der Waals surface area contributed by atoms with Crippen molar-refractivity contribution in [1.29, 1.82) is 0 Å². The van der Waals surface area contributed by atoms with Crippen LogP contribution in [0.2, 0.25) is 0 Å². The second-order valence-corrected chi connectivity index (χ2v) is 6.09. The van der Waals surface area contributed by atoms with Gasteiger partial charge < -0.3 is 9.47 Å². The van der Waals surface area contributed by atoms with Crippen LogP contribution in [0, 0.1) is 13.8 Å². The van der Waals surface area contributed by atoms with E-state index in [1.807, 2.05) is 6.92 Å². The van der Waals surface area contributed by atoms with Crippen molar-refractivity contribution >= 4 is 5.91 Å². The first kappa shape index (κ1) is 16.3. The maximum Gasteiger partial charge on any atom is 0.264 e. The zero-order valence-electron chi connectivity index (χ0n) is 13.7. The summed E-state index contributed by atoms with van der Waals surface area (Å²) in [6.07, 6.45) is 4.19. The molecule has 1 fully saturated rings. The molecule has 1 aliphatic rings.